The van der Waals surface area contributed by atoms with Gasteiger partial charge in [0.1, 0.15) is 0 Å². The number of carbonyl (C=O) groups is 2. The fourth-order valence-corrected chi connectivity index (χ4v) is 3.05. The van der Waals surface area contributed by atoms with Crippen molar-refractivity contribution in [2.75, 3.05) is 10.6 Å². The molecule has 1 heterocycles. The Bertz CT molecular complexity index is 522. The van der Waals surface area contributed by atoms with Gasteiger partial charge in [-0.15, -0.1) is 0 Å². The van der Waals surface area contributed by atoms with E-state index in [1.165, 1.54) is 4.90 Å². The Morgan fingerprint density at radius 3 is 2.33 bits per heavy atom. The summed E-state index contributed by atoms with van der Waals surface area (Å²) in [5, 5.41) is 0.496. The maximum atomic E-state index is 12.2. The van der Waals surface area contributed by atoms with Crippen molar-refractivity contribution >= 4 is 34.8 Å². The zero-order valence-electron chi connectivity index (χ0n) is 9.73. The highest BCUT2D eigenvalue weighted by molar-refractivity contribution is 6.31. The first-order valence-corrected chi connectivity index (χ1v) is 6.38. The maximum Gasteiger partial charge on any atom is 0.236 e. The van der Waals surface area contributed by atoms with E-state index in [1.807, 2.05) is 0 Å². The molecule has 2 N–H and O–H groups in total. The van der Waals surface area contributed by atoms with Crippen LogP contribution < -0.4 is 10.6 Å². The normalized spacial score (nSPS) is 26.8. The van der Waals surface area contributed by atoms with Crippen LogP contribution in [0.1, 0.15) is 19.3 Å². The van der Waals surface area contributed by atoms with Crippen molar-refractivity contribution in [1.29, 1.82) is 0 Å². The number of nitrogens with two attached hydrogens (primary N) is 1. The SMILES string of the molecule is Nc1cc(Cl)ccc1N1C(=O)C2CCC(C2)C1=O. The molecule has 1 aliphatic heterocycles. The summed E-state index contributed by atoms with van der Waals surface area (Å²) in [4.78, 5) is 25.7. The number of nitrogen functional groups attached to an aromatic ring is 1. The van der Waals surface area contributed by atoms with Crippen LogP contribution in [0.15, 0.2) is 18.2 Å². The summed E-state index contributed by atoms with van der Waals surface area (Å²) < 4.78 is 0. The molecule has 2 aliphatic rings. The van der Waals surface area contributed by atoms with Crippen molar-refractivity contribution < 1.29 is 9.59 Å². The number of amides is 2. The molecule has 3 rings (SSSR count). The molecule has 2 atom stereocenters. The molecule has 2 bridgehead atoms. The zero-order chi connectivity index (χ0) is 12.9. The van der Waals surface area contributed by atoms with Gasteiger partial charge in [-0.25, -0.2) is 4.90 Å². The van der Waals surface area contributed by atoms with Gasteiger partial charge in [-0.1, -0.05) is 11.6 Å². The fourth-order valence-electron chi connectivity index (χ4n) is 2.87. The van der Waals surface area contributed by atoms with E-state index in [4.69, 9.17) is 17.3 Å². The Morgan fingerprint density at radius 2 is 1.78 bits per heavy atom. The molecular formula is C13H13ClN2O2. The van der Waals surface area contributed by atoms with E-state index in [2.05, 4.69) is 0 Å². The monoisotopic (exact) mass is 264 g/mol. The number of rotatable bonds is 1. The van der Waals surface area contributed by atoms with Crippen molar-refractivity contribution in [2.45, 2.75) is 19.3 Å². The largest absolute Gasteiger partial charge is 0.397 e. The molecule has 0 aromatic heterocycles. The number of nitrogens with zero attached hydrogens (tertiary/aromatic N) is 1. The summed E-state index contributed by atoms with van der Waals surface area (Å²) in [6.45, 7) is 0. The van der Waals surface area contributed by atoms with E-state index in [-0.39, 0.29) is 23.7 Å². The number of imide groups is 1. The second kappa shape index (κ2) is 3.99. The highest BCUT2D eigenvalue weighted by Gasteiger charge is 2.46. The number of hydrogen-bond donors (Lipinski definition) is 1. The molecule has 94 valence electrons. The fraction of sp³-hybridized carbons (Fsp3) is 0.385. The van der Waals surface area contributed by atoms with Gasteiger partial charge in [-0.3, -0.25) is 9.59 Å². The van der Waals surface area contributed by atoms with Crippen molar-refractivity contribution in [3.63, 3.8) is 0 Å². The summed E-state index contributed by atoms with van der Waals surface area (Å²) >= 11 is 5.83. The molecule has 1 saturated carbocycles. The summed E-state index contributed by atoms with van der Waals surface area (Å²) in [7, 11) is 0. The first-order chi connectivity index (χ1) is 8.58. The van der Waals surface area contributed by atoms with Gasteiger partial charge in [-0.05, 0) is 37.5 Å². The van der Waals surface area contributed by atoms with Crippen LogP contribution >= 0.6 is 11.6 Å². The molecule has 2 amide bonds. The van der Waals surface area contributed by atoms with E-state index in [9.17, 15) is 9.59 Å². The van der Waals surface area contributed by atoms with E-state index in [0.29, 0.717) is 22.8 Å². The Kier molecular flexibility index (Phi) is 2.55. The number of benzene rings is 1. The molecule has 1 aromatic carbocycles. The summed E-state index contributed by atoms with van der Waals surface area (Å²) in [6.07, 6.45) is 2.31. The van der Waals surface area contributed by atoms with Gasteiger partial charge >= 0.3 is 0 Å². The van der Waals surface area contributed by atoms with E-state index in [0.717, 1.165) is 12.8 Å². The molecule has 2 fully saturated rings. The molecule has 4 nitrogen and oxygen atoms in total. The number of piperidine rings is 1. The summed E-state index contributed by atoms with van der Waals surface area (Å²) in [6, 6.07) is 4.84. The van der Waals surface area contributed by atoms with Crippen molar-refractivity contribution in [3.8, 4) is 0 Å². The lowest BCUT2D eigenvalue weighted by Crippen LogP contribution is -2.46. The number of hydrogen-bond acceptors (Lipinski definition) is 3. The minimum atomic E-state index is -0.122. The van der Waals surface area contributed by atoms with Gasteiger partial charge in [0.15, 0.2) is 0 Å². The summed E-state index contributed by atoms with van der Waals surface area (Å²) in [5.74, 6) is -0.295. The third-order valence-electron chi connectivity index (χ3n) is 3.80. The smallest absolute Gasteiger partial charge is 0.236 e. The Balaban J connectivity index is 2.05. The Labute approximate surface area is 110 Å². The van der Waals surface area contributed by atoms with E-state index in [1.54, 1.807) is 18.2 Å². The van der Waals surface area contributed by atoms with Crippen LogP contribution in [0.25, 0.3) is 0 Å². The lowest BCUT2D eigenvalue weighted by Gasteiger charge is -2.30. The van der Waals surface area contributed by atoms with E-state index >= 15 is 0 Å². The first kappa shape index (κ1) is 11.5. The number of fused-ring (bicyclic) bond motifs is 2. The standard InChI is InChI=1S/C13H13ClN2O2/c14-9-3-4-11(10(15)6-9)16-12(17)7-1-2-8(5-7)13(16)18/h3-4,6-8H,1-2,5,15H2. The maximum absolute atomic E-state index is 12.2. The van der Waals surface area contributed by atoms with Gasteiger partial charge in [0.05, 0.1) is 11.4 Å². The van der Waals surface area contributed by atoms with Crippen molar-refractivity contribution in [1.82, 2.24) is 0 Å². The van der Waals surface area contributed by atoms with Gasteiger partial charge in [0.2, 0.25) is 11.8 Å². The minimum Gasteiger partial charge on any atom is -0.397 e. The van der Waals surface area contributed by atoms with Crippen molar-refractivity contribution in [2.24, 2.45) is 11.8 Å². The lowest BCUT2D eigenvalue weighted by molar-refractivity contribution is -0.132. The zero-order valence-corrected chi connectivity index (χ0v) is 10.5. The van der Waals surface area contributed by atoms with Gasteiger partial charge in [-0.2, -0.15) is 0 Å². The molecule has 5 heteroatoms. The van der Waals surface area contributed by atoms with Crippen LogP contribution in [0.2, 0.25) is 5.02 Å². The van der Waals surface area contributed by atoms with Gasteiger partial charge < -0.3 is 5.73 Å². The number of carbonyl (C=O) groups excluding carboxylic acids is 2. The molecule has 0 radical (unpaired) electrons. The predicted molar refractivity (Wildman–Crippen MR) is 69.2 cm³/mol. The highest BCUT2D eigenvalue weighted by Crippen LogP contribution is 2.41. The van der Waals surface area contributed by atoms with Crippen LogP contribution in [0.4, 0.5) is 11.4 Å². The molecule has 1 aliphatic carbocycles. The van der Waals surface area contributed by atoms with Crippen LogP contribution in [0, 0.1) is 11.8 Å². The predicted octanol–water partition coefficient (Wildman–Crippen LogP) is 2.21. The third-order valence-corrected chi connectivity index (χ3v) is 4.04. The van der Waals surface area contributed by atoms with Crippen molar-refractivity contribution in [3.05, 3.63) is 23.2 Å². The second-order valence-electron chi connectivity index (χ2n) is 4.92. The number of halogens is 1. The van der Waals surface area contributed by atoms with Crippen LogP contribution in [0.5, 0.6) is 0 Å². The van der Waals surface area contributed by atoms with E-state index < -0.39 is 0 Å². The van der Waals surface area contributed by atoms with Crippen LogP contribution in [-0.2, 0) is 9.59 Å². The molecule has 0 spiro atoms. The minimum absolute atomic E-state index is 0.0252. The molecule has 18 heavy (non-hydrogen) atoms. The number of anilines is 2. The van der Waals surface area contributed by atoms with Gasteiger partial charge in [0.25, 0.3) is 0 Å². The average Bonchev–Trinajstić information content (AvgIpc) is 2.76. The summed E-state index contributed by atoms with van der Waals surface area (Å²) in [5.41, 5.74) is 6.69. The third kappa shape index (κ3) is 1.60. The second-order valence-corrected chi connectivity index (χ2v) is 5.36. The lowest BCUT2D eigenvalue weighted by atomic mass is 9.96. The molecular weight excluding hydrogens is 252 g/mol. The Morgan fingerprint density at radius 1 is 1.17 bits per heavy atom. The molecule has 1 saturated heterocycles. The van der Waals surface area contributed by atoms with Crippen LogP contribution in [-0.4, -0.2) is 11.8 Å². The Hall–Kier alpha value is -1.55. The quantitative estimate of drug-likeness (QED) is 0.625. The van der Waals surface area contributed by atoms with Gasteiger partial charge in [0, 0.05) is 16.9 Å². The van der Waals surface area contributed by atoms with Crippen LogP contribution in [0.3, 0.4) is 0 Å². The molecule has 1 aromatic rings. The highest BCUT2D eigenvalue weighted by atomic mass is 35.5. The first-order valence-electron chi connectivity index (χ1n) is 6.01. The topological polar surface area (TPSA) is 63.4 Å². The average molecular weight is 265 g/mol. The molecule has 2 unspecified atom stereocenters.